The Labute approximate surface area is 127 Å². The van der Waals surface area contributed by atoms with Gasteiger partial charge in [-0.15, -0.1) is 0 Å². The molecule has 1 spiro atoms. The smallest absolute Gasteiger partial charge is 0.179 e. The topological polar surface area (TPSA) is 38.7 Å². The van der Waals surface area contributed by atoms with Crippen molar-refractivity contribution >= 4 is 17.2 Å². The van der Waals surface area contributed by atoms with Gasteiger partial charge in [-0.2, -0.15) is 0 Å². The molecule has 4 rings (SSSR count). The van der Waals surface area contributed by atoms with Crippen LogP contribution in [0.3, 0.4) is 0 Å². The van der Waals surface area contributed by atoms with E-state index in [0.717, 1.165) is 22.5 Å². The number of ketones is 1. The fourth-order valence-electron chi connectivity index (χ4n) is 3.62. The Morgan fingerprint density at radius 3 is 2.82 bits per heavy atom. The Bertz CT molecular complexity index is 856. The van der Waals surface area contributed by atoms with E-state index in [1.165, 1.54) is 13.2 Å². The van der Waals surface area contributed by atoms with Crippen molar-refractivity contribution in [2.45, 2.75) is 18.8 Å². The van der Waals surface area contributed by atoms with Gasteiger partial charge in [0, 0.05) is 11.3 Å². The number of Topliss-reactive ketones (excluding diaryl/α,β-unsaturated/α-hetero) is 1. The van der Waals surface area contributed by atoms with Crippen LogP contribution in [0.2, 0.25) is 0 Å². The second-order valence-electron chi connectivity index (χ2n) is 5.77. The van der Waals surface area contributed by atoms with Crippen LogP contribution in [0.25, 0.3) is 0 Å². The molecular weight excluding hydrogens is 281 g/mol. The van der Waals surface area contributed by atoms with Gasteiger partial charge in [-0.05, 0) is 42.7 Å². The van der Waals surface area contributed by atoms with Crippen LogP contribution in [0.1, 0.15) is 28.4 Å². The first kappa shape index (κ1) is 13.2. The van der Waals surface area contributed by atoms with Gasteiger partial charge in [-0.3, -0.25) is 9.79 Å². The van der Waals surface area contributed by atoms with Crippen molar-refractivity contribution in [3.05, 3.63) is 58.9 Å². The number of halogens is 1. The summed E-state index contributed by atoms with van der Waals surface area (Å²) < 4.78 is 19.0. The Hall–Kier alpha value is -2.49. The molecule has 0 amide bonds. The van der Waals surface area contributed by atoms with Gasteiger partial charge >= 0.3 is 0 Å². The number of para-hydroxylation sites is 1. The molecule has 0 bridgehead atoms. The quantitative estimate of drug-likeness (QED) is 0.806. The van der Waals surface area contributed by atoms with E-state index in [4.69, 9.17) is 4.74 Å². The standard InChI is InChI=1S/C18H14FNO2/c1-10-18(13-5-3-4-6-15(13)20-10)9-11-7-16(22-2)14(19)8-12(11)17(18)21/h3-8H,9H2,1-2H3. The molecule has 0 saturated carbocycles. The van der Waals surface area contributed by atoms with E-state index in [1.807, 2.05) is 31.2 Å². The molecule has 1 aliphatic carbocycles. The third-order valence-corrected chi connectivity index (χ3v) is 4.74. The highest BCUT2D eigenvalue weighted by atomic mass is 19.1. The first-order valence-electron chi connectivity index (χ1n) is 7.14. The molecule has 1 aliphatic heterocycles. The maximum absolute atomic E-state index is 14.0. The highest BCUT2D eigenvalue weighted by Crippen LogP contribution is 2.49. The fraction of sp³-hybridized carbons (Fsp3) is 0.222. The van der Waals surface area contributed by atoms with Crippen molar-refractivity contribution in [3.63, 3.8) is 0 Å². The zero-order chi connectivity index (χ0) is 15.5. The number of rotatable bonds is 1. The predicted octanol–water partition coefficient (Wildman–Crippen LogP) is 3.62. The molecule has 0 saturated heterocycles. The number of methoxy groups -OCH3 is 1. The molecule has 3 nitrogen and oxygen atoms in total. The van der Waals surface area contributed by atoms with Gasteiger partial charge in [-0.1, -0.05) is 18.2 Å². The van der Waals surface area contributed by atoms with E-state index in [9.17, 15) is 9.18 Å². The molecule has 2 aromatic carbocycles. The lowest BCUT2D eigenvalue weighted by atomic mass is 9.74. The lowest BCUT2D eigenvalue weighted by molar-refractivity contribution is 0.0946. The number of fused-ring (bicyclic) bond motifs is 3. The Morgan fingerprint density at radius 1 is 1.27 bits per heavy atom. The zero-order valence-electron chi connectivity index (χ0n) is 12.3. The minimum absolute atomic E-state index is 0.0738. The molecule has 1 heterocycles. The van der Waals surface area contributed by atoms with Crippen LogP contribution in [-0.2, 0) is 11.8 Å². The number of aliphatic imine (C=N–C) groups is 1. The summed E-state index contributed by atoms with van der Waals surface area (Å²) in [6.45, 7) is 1.87. The second kappa shape index (κ2) is 4.26. The maximum Gasteiger partial charge on any atom is 0.179 e. The Kier molecular flexibility index (Phi) is 2.55. The average molecular weight is 295 g/mol. The second-order valence-corrected chi connectivity index (χ2v) is 5.77. The normalized spacial score (nSPS) is 21.8. The van der Waals surface area contributed by atoms with Gasteiger partial charge < -0.3 is 4.74 Å². The van der Waals surface area contributed by atoms with Crippen LogP contribution < -0.4 is 4.74 Å². The largest absolute Gasteiger partial charge is 0.494 e. The summed E-state index contributed by atoms with van der Waals surface area (Å²) in [5, 5.41) is 0. The summed E-state index contributed by atoms with van der Waals surface area (Å²) in [5.41, 5.74) is 2.98. The van der Waals surface area contributed by atoms with E-state index in [2.05, 4.69) is 4.99 Å². The molecular formula is C18H14FNO2. The van der Waals surface area contributed by atoms with Gasteiger partial charge in [0.25, 0.3) is 0 Å². The van der Waals surface area contributed by atoms with Crippen LogP contribution in [0.15, 0.2) is 41.4 Å². The summed E-state index contributed by atoms with van der Waals surface area (Å²) in [6, 6.07) is 10.6. The maximum atomic E-state index is 14.0. The highest BCUT2D eigenvalue weighted by Gasteiger charge is 2.52. The van der Waals surface area contributed by atoms with Crippen molar-refractivity contribution in [2.24, 2.45) is 4.99 Å². The molecule has 22 heavy (non-hydrogen) atoms. The predicted molar refractivity (Wildman–Crippen MR) is 81.9 cm³/mol. The van der Waals surface area contributed by atoms with Crippen LogP contribution in [0.5, 0.6) is 5.75 Å². The molecule has 0 N–H and O–H groups in total. The van der Waals surface area contributed by atoms with E-state index in [1.54, 1.807) is 6.07 Å². The Balaban J connectivity index is 1.94. The monoisotopic (exact) mass is 295 g/mol. The third-order valence-electron chi connectivity index (χ3n) is 4.74. The van der Waals surface area contributed by atoms with E-state index < -0.39 is 11.2 Å². The zero-order valence-corrected chi connectivity index (χ0v) is 12.3. The molecule has 2 aromatic rings. The van der Waals surface area contributed by atoms with Crippen molar-refractivity contribution in [2.75, 3.05) is 7.11 Å². The van der Waals surface area contributed by atoms with Crippen molar-refractivity contribution in [1.82, 2.24) is 0 Å². The average Bonchev–Trinajstić information content (AvgIpc) is 2.96. The summed E-state index contributed by atoms with van der Waals surface area (Å²) in [4.78, 5) is 17.6. The van der Waals surface area contributed by atoms with Crippen LogP contribution in [-0.4, -0.2) is 18.6 Å². The molecule has 0 radical (unpaired) electrons. The molecule has 1 unspecified atom stereocenters. The van der Waals surface area contributed by atoms with Crippen molar-refractivity contribution in [3.8, 4) is 5.75 Å². The molecule has 0 aromatic heterocycles. The van der Waals surface area contributed by atoms with E-state index in [-0.39, 0.29) is 11.5 Å². The number of benzene rings is 2. The SMILES string of the molecule is COc1cc2c(cc1F)C(=O)C1(C2)C(C)=Nc2ccccc21. The minimum Gasteiger partial charge on any atom is -0.494 e. The molecule has 2 aliphatic rings. The first-order valence-corrected chi connectivity index (χ1v) is 7.14. The van der Waals surface area contributed by atoms with E-state index in [0.29, 0.717) is 12.0 Å². The van der Waals surface area contributed by atoms with Crippen molar-refractivity contribution in [1.29, 1.82) is 0 Å². The number of hydrogen-bond acceptors (Lipinski definition) is 3. The lowest BCUT2D eigenvalue weighted by Crippen LogP contribution is -2.38. The number of hydrogen-bond donors (Lipinski definition) is 0. The molecule has 0 fully saturated rings. The number of ether oxygens (including phenoxy) is 1. The molecule has 110 valence electrons. The van der Waals surface area contributed by atoms with Gasteiger partial charge in [0.2, 0.25) is 0 Å². The van der Waals surface area contributed by atoms with Crippen LogP contribution >= 0.6 is 0 Å². The minimum atomic E-state index is -0.780. The van der Waals surface area contributed by atoms with E-state index >= 15 is 0 Å². The van der Waals surface area contributed by atoms with Crippen LogP contribution in [0, 0.1) is 5.82 Å². The first-order chi connectivity index (χ1) is 10.6. The molecule has 4 heteroatoms. The van der Waals surface area contributed by atoms with Gasteiger partial charge in [0.15, 0.2) is 17.3 Å². The summed E-state index contributed by atoms with van der Waals surface area (Å²) >= 11 is 0. The lowest BCUT2D eigenvalue weighted by Gasteiger charge is -2.23. The van der Waals surface area contributed by atoms with Crippen molar-refractivity contribution < 1.29 is 13.9 Å². The number of carbonyl (C=O) groups is 1. The fourth-order valence-corrected chi connectivity index (χ4v) is 3.62. The highest BCUT2D eigenvalue weighted by molar-refractivity contribution is 6.26. The summed E-state index contributed by atoms with van der Waals surface area (Å²) in [7, 11) is 1.43. The third kappa shape index (κ3) is 1.44. The van der Waals surface area contributed by atoms with Crippen LogP contribution in [0.4, 0.5) is 10.1 Å². The summed E-state index contributed by atoms with van der Waals surface area (Å²) in [5.74, 6) is -0.410. The van der Waals surface area contributed by atoms with Gasteiger partial charge in [0.05, 0.1) is 12.8 Å². The summed E-state index contributed by atoms with van der Waals surface area (Å²) in [6.07, 6.45) is 0.504. The number of nitrogens with zero attached hydrogens (tertiary/aromatic N) is 1. The van der Waals surface area contributed by atoms with Gasteiger partial charge in [0.1, 0.15) is 5.41 Å². The number of carbonyl (C=O) groups excluding carboxylic acids is 1. The van der Waals surface area contributed by atoms with Gasteiger partial charge in [-0.25, -0.2) is 4.39 Å². The molecule has 1 atom stereocenters. The Morgan fingerprint density at radius 2 is 2.05 bits per heavy atom.